The van der Waals surface area contributed by atoms with Gasteiger partial charge in [-0.05, 0) is 57.4 Å². The van der Waals surface area contributed by atoms with Gasteiger partial charge in [0.15, 0.2) is 0 Å². The Labute approximate surface area is 151 Å². The molecule has 25 heavy (non-hydrogen) atoms. The van der Waals surface area contributed by atoms with Crippen LogP contribution in [0.3, 0.4) is 0 Å². The zero-order valence-corrected chi connectivity index (χ0v) is 16.0. The van der Waals surface area contributed by atoms with E-state index < -0.39 is 5.41 Å². The lowest BCUT2D eigenvalue weighted by atomic mass is 9.73. The van der Waals surface area contributed by atoms with Crippen molar-refractivity contribution >= 4 is 11.9 Å². The van der Waals surface area contributed by atoms with Gasteiger partial charge in [-0.15, -0.1) is 0 Å². The van der Waals surface area contributed by atoms with Gasteiger partial charge in [-0.25, -0.2) is 0 Å². The van der Waals surface area contributed by atoms with Crippen molar-refractivity contribution in [2.45, 2.75) is 65.4 Å². The summed E-state index contributed by atoms with van der Waals surface area (Å²) in [7, 11) is 0. The van der Waals surface area contributed by atoms with Crippen LogP contribution in [-0.2, 0) is 19.1 Å². The minimum atomic E-state index is -0.503. The van der Waals surface area contributed by atoms with Crippen LogP contribution in [0.5, 0.6) is 0 Å². The molecule has 0 aromatic carbocycles. The summed E-state index contributed by atoms with van der Waals surface area (Å²) in [4.78, 5) is 26.8. The second kappa shape index (κ2) is 9.37. The fraction of sp³-hybridized carbons (Fsp3) is 0.800. The van der Waals surface area contributed by atoms with E-state index in [1.807, 2.05) is 17.9 Å². The molecule has 0 aromatic rings. The summed E-state index contributed by atoms with van der Waals surface area (Å²) in [5, 5.41) is 0. The summed E-state index contributed by atoms with van der Waals surface area (Å²) in [6.07, 6.45) is 9.04. The van der Waals surface area contributed by atoms with Crippen molar-refractivity contribution in [3.05, 3.63) is 12.2 Å². The van der Waals surface area contributed by atoms with Crippen LogP contribution in [0.2, 0.25) is 0 Å². The number of allylic oxidation sites excluding steroid dienone is 1. The molecule has 1 atom stereocenters. The molecule has 1 amide bonds. The fourth-order valence-electron chi connectivity index (χ4n) is 3.72. The van der Waals surface area contributed by atoms with Crippen LogP contribution < -0.4 is 0 Å². The van der Waals surface area contributed by atoms with Gasteiger partial charge in [-0.2, -0.15) is 0 Å². The Bertz CT molecular complexity index is 472. The van der Waals surface area contributed by atoms with Gasteiger partial charge in [0.05, 0.1) is 18.1 Å². The van der Waals surface area contributed by atoms with Crippen LogP contribution in [-0.4, -0.2) is 49.2 Å². The van der Waals surface area contributed by atoms with Crippen molar-refractivity contribution in [3.63, 3.8) is 0 Å². The Morgan fingerprint density at radius 2 is 2.00 bits per heavy atom. The van der Waals surface area contributed by atoms with Crippen LogP contribution in [0.4, 0.5) is 0 Å². The highest BCUT2D eigenvalue weighted by Gasteiger charge is 2.45. The lowest BCUT2D eigenvalue weighted by Gasteiger charge is -2.41. The molecule has 2 aliphatic heterocycles. The Morgan fingerprint density at radius 1 is 1.28 bits per heavy atom. The van der Waals surface area contributed by atoms with E-state index in [1.54, 1.807) is 6.08 Å². The average Bonchev–Trinajstić information content (AvgIpc) is 2.61. The number of hydrogen-bond acceptors (Lipinski definition) is 4. The average molecular weight is 351 g/mol. The Morgan fingerprint density at radius 3 is 2.56 bits per heavy atom. The summed E-state index contributed by atoms with van der Waals surface area (Å²) in [5.74, 6) is 0.282. The Hall–Kier alpha value is -1.36. The predicted octanol–water partition coefficient (Wildman–Crippen LogP) is 3.33. The monoisotopic (exact) mass is 351 g/mol. The van der Waals surface area contributed by atoms with E-state index in [2.05, 4.69) is 13.8 Å². The molecule has 142 valence electrons. The molecule has 2 fully saturated rings. The summed E-state index contributed by atoms with van der Waals surface area (Å²) in [6, 6.07) is 0. The van der Waals surface area contributed by atoms with Crippen LogP contribution in [0.25, 0.3) is 0 Å². The molecule has 5 heteroatoms. The van der Waals surface area contributed by atoms with Crippen LogP contribution >= 0.6 is 0 Å². The van der Waals surface area contributed by atoms with E-state index in [1.165, 1.54) is 0 Å². The van der Waals surface area contributed by atoms with Crippen molar-refractivity contribution < 1.29 is 19.1 Å². The number of likely N-dealkylation sites (tertiary alicyclic amines) is 1. The van der Waals surface area contributed by atoms with Crippen molar-refractivity contribution in [3.8, 4) is 0 Å². The maximum absolute atomic E-state index is 12.7. The van der Waals surface area contributed by atoms with Gasteiger partial charge in [0.1, 0.15) is 0 Å². The normalized spacial score (nSPS) is 23.8. The van der Waals surface area contributed by atoms with Gasteiger partial charge in [-0.1, -0.05) is 19.9 Å². The first-order valence-corrected chi connectivity index (χ1v) is 9.73. The summed E-state index contributed by atoms with van der Waals surface area (Å²) in [6.45, 7) is 8.34. The summed E-state index contributed by atoms with van der Waals surface area (Å²) < 4.78 is 11.3. The Balaban J connectivity index is 2.01. The first kappa shape index (κ1) is 20.0. The third-order valence-electron chi connectivity index (χ3n) is 5.26. The van der Waals surface area contributed by atoms with Crippen molar-refractivity contribution in [2.24, 2.45) is 11.3 Å². The number of ether oxygens (including phenoxy) is 2. The number of hydrogen-bond donors (Lipinski definition) is 0. The number of nitrogens with zero attached hydrogens (tertiary/aromatic N) is 1. The second-order valence-electron chi connectivity index (χ2n) is 7.62. The fourth-order valence-corrected chi connectivity index (χ4v) is 3.72. The summed E-state index contributed by atoms with van der Waals surface area (Å²) in [5.41, 5.74) is -0.503. The highest BCUT2D eigenvalue weighted by Crippen LogP contribution is 2.40. The van der Waals surface area contributed by atoms with Gasteiger partial charge in [-0.3, -0.25) is 9.59 Å². The van der Waals surface area contributed by atoms with E-state index in [4.69, 9.17) is 9.47 Å². The molecule has 0 saturated carbocycles. The predicted molar refractivity (Wildman–Crippen MR) is 97.1 cm³/mol. The second-order valence-corrected chi connectivity index (χ2v) is 7.62. The smallest absolute Gasteiger partial charge is 0.312 e. The molecule has 1 unspecified atom stereocenters. The molecule has 0 spiro atoms. The molecule has 0 aliphatic carbocycles. The molecule has 0 N–H and O–H groups in total. The zero-order chi connectivity index (χ0) is 18.3. The Kier molecular flexibility index (Phi) is 7.48. The molecule has 0 bridgehead atoms. The lowest BCUT2D eigenvalue weighted by molar-refractivity contribution is -0.163. The van der Waals surface area contributed by atoms with E-state index >= 15 is 0 Å². The number of esters is 1. The standard InChI is InChI=1S/C20H33NO4/c1-4-24-19(23)20(15-17-7-5-6-14-25-17)10-12-21(13-11-20)18(22)9-8-16(2)3/h8-9,16-17H,4-7,10-15H2,1-3H3/b9-8+. The minimum Gasteiger partial charge on any atom is -0.466 e. The molecule has 5 nitrogen and oxygen atoms in total. The number of carbonyl (C=O) groups is 2. The number of piperidine rings is 1. The lowest BCUT2D eigenvalue weighted by Crippen LogP contribution is -2.48. The highest BCUT2D eigenvalue weighted by atomic mass is 16.5. The van der Waals surface area contributed by atoms with E-state index in [-0.39, 0.29) is 18.0 Å². The molecule has 2 aliphatic rings. The van der Waals surface area contributed by atoms with Crippen molar-refractivity contribution in [1.29, 1.82) is 0 Å². The van der Waals surface area contributed by atoms with Gasteiger partial charge in [0.25, 0.3) is 0 Å². The molecular formula is C20H33NO4. The van der Waals surface area contributed by atoms with Crippen LogP contribution in [0, 0.1) is 11.3 Å². The molecule has 2 rings (SSSR count). The molecule has 2 saturated heterocycles. The molecular weight excluding hydrogens is 318 g/mol. The zero-order valence-electron chi connectivity index (χ0n) is 16.0. The van der Waals surface area contributed by atoms with Crippen molar-refractivity contribution in [2.75, 3.05) is 26.3 Å². The first-order chi connectivity index (χ1) is 12.0. The van der Waals surface area contributed by atoms with Crippen molar-refractivity contribution in [1.82, 2.24) is 4.90 Å². The number of rotatable bonds is 6. The topological polar surface area (TPSA) is 55.8 Å². The van der Waals surface area contributed by atoms with Crippen LogP contribution in [0.1, 0.15) is 59.3 Å². The van der Waals surface area contributed by atoms with E-state index in [0.717, 1.165) is 32.3 Å². The van der Waals surface area contributed by atoms with E-state index in [9.17, 15) is 9.59 Å². The number of amides is 1. The van der Waals surface area contributed by atoms with Gasteiger partial charge in [0, 0.05) is 19.7 Å². The third kappa shape index (κ3) is 5.56. The molecule has 0 aromatic heterocycles. The van der Waals surface area contributed by atoms with Gasteiger partial charge >= 0.3 is 5.97 Å². The van der Waals surface area contributed by atoms with E-state index in [0.29, 0.717) is 38.5 Å². The first-order valence-electron chi connectivity index (χ1n) is 9.73. The minimum absolute atomic E-state index is 0.0417. The molecule has 2 heterocycles. The maximum atomic E-state index is 12.7. The van der Waals surface area contributed by atoms with Gasteiger partial charge in [0.2, 0.25) is 5.91 Å². The molecule has 0 radical (unpaired) electrons. The summed E-state index contributed by atoms with van der Waals surface area (Å²) >= 11 is 0. The largest absolute Gasteiger partial charge is 0.466 e. The maximum Gasteiger partial charge on any atom is 0.312 e. The van der Waals surface area contributed by atoms with Crippen LogP contribution in [0.15, 0.2) is 12.2 Å². The number of carbonyl (C=O) groups excluding carboxylic acids is 2. The third-order valence-corrected chi connectivity index (χ3v) is 5.26. The quantitative estimate of drug-likeness (QED) is 0.544. The highest BCUT2D eigenvalue weighted by molar-refractivity contribution is 5.88. The SMILES string of the molecule is CCOC(=O)C1(CC2CCCCO2)CCN(C(=O)/C=C/C(C)C)CC1. The van der Waals surface area contributed by atoms with Gasteiger partial charge < -0.3 is 14.4 Å².